The van der Waals surface area contributed by atoms with Crippen molar-refractivity contribution in [1.29, 1.82) is 0 Å². The quantitative estimate of drug-likeness (QED) is 0.505. The smallest absolute Gasteiger partial charge is 0.300 e. The fourth-order valence-corrected chi connectivity index (χ4v) is 1.52. The maximum atomic E-state index is 11.4. The van der Waals surface area contributed by atoms with Crippen LogP contribution in [0.5, 0.6) is 5.75 Å². The lowest BCUT2D eigenvalue weighted by molar-refractivity contribution is -0.384. The molecule has 0 saturated carbocycles. The van der Waals surface area contributed by atoms with Crippen molar-refractivity contribution in [1.82, 2.24) is 10.2 Å². The van der Waals surface area contributed by atoms with Crippen molar-refractivity contribution >= 4 is 17.1 Å². The van der Waals surface area contributed by atoms with E-state index >= 15 is 0 Å². The molecule has 0 radical (unpaired) electrons. The lowest BCUT2D eigenvalue weighted by Gasteiger charge is -2.00. The molecule has 104 valence electrons. The monoisotopic (exact) mass is 277 g/mol. The van der Waals surface area contributed by atoms with E-state index in [2.05, 4.69) is 20.4 Å². The average Bonchev–Trinajstić information content (AvgIpc) is 2.75. The molecular formula is C11H11N5O4. The van der Waals surface area contributed by atoms with Crippen LogP contribution in [0.15, 0.2) is 33.2 Å². The highest BCUT2D eigenvalue weighted by atomic mass is 16.6. The van der Waals surface area contributed by atoms with Gasteiger partial charge in [-0.05, 0) is 19.1 Å². The number of rotatable bonds is 4. The van der Waals surface area contributed by atoms with Gasteiger partial charge in [-0.15, -0.1) is 10.2 Å². The molecule has 0 aliphatic rings. The van der Waals surface area contributed by atoms with E-state index in [4.69, 9.17) is 4.74 Å². The fourth-order valence-electron chi connectivity index (χ4n) is 1.52. The summed E-state index contributed by atoms with van der Waals surface area (Å²) in [6.45, 7) is 1.63. The van der Waals surface area contributed by atoms with Crippen LogP contribution in [0.1, 0.15) is 5.69 Å². The van der Waals surface area contributed by atoms with Gasteiger partial charge in [0, 0.05) is 0 Å². The Balaban J connectivity index is 2.43. The van der Waals surface area contributed by atoms with Gasteiger partial charge in [0.1, 0.15) is 5.75 Å². The van der Waals surface area contributed by atoms with Gasteiger partial charge >= 0.3 is 0 Å². The van der Waals surface area contributed by atoms with Crippen molar-refractivity contribution in [2.45, 2.75) is 6.92 Å². The lowest BCUT2D eigenvalue weighted by atomic mass is 10.2. The first-order valence-electron chi connectivity index (χ1n) is 5.54. The van der Waals surface area contributed by atoms with E-state index in [0.717, 1.165) is 0 Å². The molecule has 9 heteroatoms. The molecule has 0 fully saturated rings. The minimum absolute atomic E-state index is 0.0378. The number of H-pyrrole nitrogens is 2. The summed E-state index contributed by atoms with van der Waals surface area (Å²) in [5.74, 6) is 0.339. The van der Waals surface area contributed by atoms with Crippen molar-refractivity contribution < 1.29 is 9.66 Å². The van der Waals surface area contributed by atoms with E-state index in [0.29, 0.717) is 11.4 Å². The number of nitro groups is 1. The standard InChI is InChI=1S/C11H11N5O4/c1-6-10(11(17)15-12-6)14-13-8-4-3-7(20-2)5-9(8)16(18)19/h3-5H,1-2H3,(H2,12,15,17). The van der Waals surface area contributed by atoms with Crippen LogP contribution in [-0.4, -0.2) is 22.2 Å². The molecule has 0 unspecified atom stereocenters. The van der Waals surface area contributed by atoms with Crippen LogP contribution in [0.25, 0.3) is 0 Å². The van der Waals surface area contributed by atoms with Crippen LogP contribution in [0, 0.1) is 17.0 Å². The number of hydrogen-bond donors (Lipinski definition) is 2. The first-order valence-corrected chi connectivity index (χ1v) is 5.54. The zero-order valence-electron chi connectivity index (χ0n) is 10.7. The number of ether oxygens (including phenoxy) is 1. The Labute approximate surface area is 112 Å². The average molecular weight is 277 g/mol. The molecule has 0 amide bonds. The molecule has 9 nitrogen and oxygen atoms in total. The normalized spacial score (nSPS) is 10.9. The second kappa shape index (κ2) is 5.34. The fraction of sp³-hybridized carbons (Fsp3) is 0.182. The van der Waals surface area contributed by atoms with Crippen LogP contribution in [0.2, 0.25) is 0 Å². The van der Waals surface area contributed by atoms with E-state index in [1.165, 1.54) is 25.3 Å². The van der Waals surface area contributed by atoms with E-state index in [-0.39, 0.29) is 17.1 Å². The van der Waals surface area contributed by atoms with Gasteiger partial charge in [-0.3, -0.25) is 20.0 Å². The Morgan fingerprint density at radius 1 is 1.30 bits per heavy atom. The van der Waals surface area contributed by atoms with Crippen LogP contribution in [0.3, 0.4) is 0 Å². The second-order valence-corrected chi connectivity index (χ2v) is 3.86. The summed E-state index contributed by atoms with van der Waals surface area (Å²) in [6, 6.07) is 4.16. The maximum Gasteiger partial charge on any atom is 0.300 e. The van der Waals surface area contributed by atoms with Crippen molar-refractivity contribution in [3.05, 3.63) is 44.4 Å². The summed E-state index contributed by atoms with van der Waals surface area (Å²) in [4.78, 5) is 21.8. The van der Waals surface area contributed by atoms with Crippen molar-refractivity contribution in [2.24, 2.45) is 10.2 Å². The number of nitrogens with zero attached hydrogens (tertiary/aromatic N) is 3. The van der Waals surface area contributed by atoms with Crippen LogP contribution in [-0.2, 0) is 0 Å². The Morgan fingerprint density at radius 2 is 2.05 bits per heavy atom. The van der Waals surface area contributed by atoms with Gasteiger partial charge in [0.05, 0.1) is 23.8 Å². The summed E-state index contributed by atoms with van der Waals surface area (Å²) in [5, 5.41) is 23.4. The molecule has 1 aromatic carbocycles. The molecule has 0 aliphatic heterocycles. The number of aromatic amines is 2. The molecule has 0 saturated heterocycles. The third kappa shape index (κ3) is 2.55. The van der Waals surface area contributed by atoms with Gasteiger partial charge in [-0.1, -0.05) is 0 Å². The Bertz CT molecular complexity index is 731. The van der Waals surface area contributed by atoms with Crippen LogP contribution in [0.4, 0.5) is 17.1 Å². The van der Waals surface area contributed by atoms with Gasteiger partial charge in [0.15, 0.2) is 11.4 Å². The predicted molar refractivity (Wildman–Crippen MR) is 70.0 cm³/mol. The van der Waals surface area contributed by atoms with E-state index in [1.807, 2.05) is 0 Å². The zero-order valence-corrected chi connectivity index (χ0v) is 10.7. The number of nitro benzene ring substituents is 1. The molecular weight excluding hydrogens is 266 g/mol. The van der Waals surface area contributed by atoms with Crippen LogP contribution >= 0.6 is 0 Å². The number of aryl methyl sites for hydroxylation is 1. The van der Waals surface area contributed by atoms with E-state index in [1.54, 1.807) is 6.92 Å². The summed E-state index contributed by atoms with van der Waals surface area (Å²) >= 11 is 0. The van der Waals surface area contributed by atoms with Gasteiger partial charge < -0.3 is 9.84 Å². The molecule has 20 heavy (non-hydrogen) atoms. The first kappa shape index (κ1) is 13.5. The third-order valence-electron chi connectivity index (χ3n) is 2.57. The molecule has 0 bridgehead atoms. The minimum Gasteiger partial charge on any atom is -0.496 e. The Morgan fingerprint density at radius 3 is 2.60 bits per heavy atom. The number of nitrogens with one attached hydrogen (secondary N) is 2. The summed E-state index contributed by atoms with van der Waals surface area (Å²) in [6.07, 6.45) is 0. The molecule has 0 aliphatic carbocycles. The maximum absolute atomic E-state index is 11.4. The van der Waals surface area contributed by atoms with Crippen molar-refractivity contribution in [3.63, 3.8) is 0 Å². The highest BCUT2D eigenvalue weighted by Crippen LogP contribution is 2.32. The first-order chi connectivity index (χ1) is 9.52. The lowest BCUT2D eigenvalue weighted by Crippen LogP contribution is -1.96. The second-order valence-electron chi connectivity index (χ2n) is 3.86. The summed E-state index contributed by atoms with van der Waals surface area (Å²) < 4.78 is 4.91. The summed E-state index contributed by atoms with van der Waals surface area (Å²) in [5.41, 5.74) is -0.0824. The van der Waals surface area contributed by atoms with Gasteiger partial charge in [-0.25, -0.2) is 0 Å². The van der Waals surface area contributed by atoms with Gasteiger partial charge in [0.2, 0.25) is 0 Å². The van der Waals surface area contributed by atoms with Crippen LogP contribution < -0.4 is 10.3 Å². The topological polar surface area (TPSA) is 126 Å². The van der Waals surface area contributed by atoms with Crippen molar-refractivity contribution in [2.75, 3.05) is 7.11 Å². The molecule has 2 rings (SSSR count). The molecule has 1 heterocycles. The Kier molecular flexibility index (Phi) is 3.60. The highest BCUT2D eigenvalue weighted by Gasteiger charge is 2.15. The number of methoxy groups -OCH3 is 1. The largest absolute Gasteiger partial charge is 0.496 e. The zero-order chi connectivity index (χ0) is 14.7. The number of azo groups is 1. The Hall–Kier alpha value is -2.97. The molecule has 0 atom stereocenters. The molecule has 0 spiro atoms. The molecule has 1 aromatic heterocycles. The molecule has 2 N–H and O–H groups in total. The number of benzene rings is 1. The van der Waals surface area contributed by atoms with Gasteiger partial charge in [0.25, 0.3) is 11.2 Å². The van der Waals surface area contributed by atoms with Gasteiger partial charge in [-0.2, -0.15) is 0 Å². The number of aromatic nitrogens is 2. The summed E-state index contributed by atoms with van der Waals surface area (Å²) in [7, 11) is 1.41. The predicted octanol–water partition coefficient (Wildman–Crippen LogP) is 2.34. The number of hydrogen-bond acceptors (Lipinski definition) is 6. The highest BCUT2D eigenvalue weighted by molar-refractivity contribution is 5.60. The van der Waals surface area contributed by atoms with E-state index in [9.17, 15) is 14.9 Å². The van der Waals surface area contributed by atoms with E-state index < -0.39 is 10.5 Å². The third-order valence-corrected chi connectivity index (χ3v) is 2.57. The van der Waals surface area contributed by atoms with Crippen molar-refractivity contribution in [3.8, 4) is 5.75 Å². The minimum atomic E-state index is -0.592. The molecule has 2 aromatic rings. The SMILES string of the molecule is COc1ccc(N=Nc2c(C)[nH][nH]c2=O)c([N+](=O)[O-])c1.